The zero-order valence-electron chi connectivity index (χ0n) is 14.4. The Balaban J connectivity index is 1.55. The second kappa shape index (κ2) is 7.96. The molecule has 0 aromatic carbocycles. The number of carbonyl (C=O) groups excluding carboxylic acids is 1. The van der Waals surface area contributed by atoms with Crippen molar-refractivity contribution in [1.29, 1.82) is 0 Å². The minimum atomic E-state index is 0.0743. The lowest BCUT2D eigenvalue weighted by Gasteiger charge is -2.20. The molecular weight excluding hydrogens is 322 g/mol. The molecule has 130 valence electrons. The van der Waals surface area contributed by atoms with Gasteiger partial charge in [0, 0.05) is 17.4 Å². The first-order chi connectivity index (χ1) is 11.6. The van der Waals surface area contributed by atoms with Crippen LogP contribution < -0.4 is 5.32 Å². The average molecular weight is 347 g/mol. The molecule has 1 aliphatic rings. The van der Waals surface area contributed by atoms with E-state index < -0.39 is 0 Å². The molecule has 0 aliphatic heterocycles. The molecular formula is C17H25N5OS. The van der Waals surface area contributed by atoms with Gasteiger partial charge in [0.1, 0.15) is 0 Å². The number of aryl methyl sites for hydroxylation is 2. The Morgan fingerprint density at radius 3 is 2.67 bits per heavy atom. The Morgan fingerprint density at radius 2 is 1.92 bits per heavy atom. The van der Waals surface area contributed by atoms with Crippen LogP contribution in [0.1, 0.15) is 56.3 Å². The molecule has 0 radical (unpaired) electrons. The standard InChI is InChI=1S/C17H25N5OS/c1-12-10-13(2)22-16(18-12)20-17(21-22)24-11-15(23)19-14-8-6-4-3-5-7-9-14/h10,14H,3-9,11H2,1-2H3,(H,19,23). The van der Waals surface area contributed by atoms with E-state index in [2.05, 4.69) is 20.4 Å². The second-order valence-corrected chi connectivity index (χ2v) is 7.49. The maximum Gasteiger partial charge on any atom is 0.253 e. The fraction of sp³-hybridized carbons (Fsp3) is 0.647. The van der Waals surface area contributed by atoms with Gasteiger partial charge in [-0.3, -0.25) is 4.79 Å². The van der Waals surface area contributed by atoms with Crippen molar-refractivity contribution in [2.24, 2.45) is 0 Å². The topological polar surface area (TPSA) is 72.2 Å². The fourth-order valence-electron chi connectivity index (χ4n) is 3.21. The molecule has 7 heteroatoms. The quantitative estimate of drug-likeness (QED) is 0.861. The summed E-state index contributed by atoms with van der Waals surface area (Å²) in [4.78, 5) is 21.0. The van der Waals surface area contributed by atoms with Crippen molar-refractivity contribution in [3.05, 3.63) is 17.5 Å². The number of hydrogen-bond donors (Lipinski definition) is 1. The van der Waals surface area contributed by atoms with Crippen LogP contribution in [0, 0.1) is 13.8 Å². The van der Waals surface area contributed by atoms with Crippen LogP contribution in [0.4, 0.5) is 0 Å². The van der Waals surface area contributed by atoms with E-state index in [1.54, 1.807) is 4.52 Å². The van der Waals surface area contributed by atoms with Crippen molar-refractivity contribution >= 4 is 23.4 Å². The molecule has 1 fully saturated rings. The molecule has 1 N–H and O–H groups in total. The third-order valence-corrected chi connectivity index (χ3v) is 5.24. The molecule has 0 bridgehead atoms. The molecule has 0 atom stereocenters. The Kier molecular flexibility index (Phi) is 5.71. The van der Waals surface area contributed by atoms with Crippen LogP contribution in [0.3, 0.4) is 0 Å². The van der Waals surface area contributed by atoms with Crippen molar-refractivity contribution < 1.29 is 4.79 Å². The molecule has 24 heavy (non-hydrogen) atoms. The van der Waals surface area contributed by atoms with Crippen LogP contribution in [0.5, 0.6) is 0 Å². The van der Waals surface area contributed by atoms with Gasteiger partial charge in [0.05, 0.1) is 5.75 Å². The largest absolute Gasteiger partial charge is 0.353 e. The molecule has 2 aromatic rings. The zero-order valence-corrected chi connectivity index (χ0v) is 15.2. The van der Waals surface area contributed by atoms with Gasteiger partial charge in [-0.15, -0.1) is 5.10 Å². The molecule has 3 rings (SSSR count). The van der Waals surface area contributed by atoms with Crippen molar-refractivity contribution in [3.8, 4) is 0 Å². The Hall–Kier alpha value is -1.63. The van der Waals surface area contributed by atoms with Crippen LogP contribution in [0.25, 0.3) is 5.78 Å². The van der Waals surface area contributed by atoms with Gasteiger partial charge >= 0.3 is 0 Å². The van der Waals surface area contributed by atoms with E-state index in [0.717, 1.165) is 24.2 Å². The van der Waals surface area contributed by atoms with E-state index >= 15 is 0 Å². The maximum absolute atomic E-state index is 12.2. The highest BCUT2D eigenvalue weighted by Gasteiger charge is 2.15. The summed E-state index contributed by atoms with van der Waals surface area (Å²) in [5.74, 6) is 1.02. The van der Waals surface area contributed by atoms with E-state index in [4.69, 9.17) is 0 Å². The lowest BCUT2D eigenvalue weighted by Crippen LogP contribution is -2.36. The normalized spacial score (nSPS) is 16.8. The van der Waals surface area contributed by atoms with Crippen molar-refractivity contribution in [1.82, 2.24) is 24.9 Å². The molecule has 2 aromatic heterocycles. The van der Waals surface area contributed by atoms with E-state index in [0.29, 0.717) is 22.7 Å². The molecule has 2 heterocycles. The van der Waals surface area contributed by atoms with Gasteiger partial charge in [0.15, 0.2) is 0 Å². The van der Waals surface area contributed by atoms with Gasteiger partial charge in [0.25, 0.3) is 5.78 Å². The molecule has 0 saturated heterocycles. The molecule has 6 nitrogen and oxygen atoms in total. The fourth-order valence-corrected chi connectivity index (χ4v) is 3.84. The second-order valence-electron chi connectivity index (χ2n) is 6.54. The SMILES string of the molecule is Cc1cc(C)n2nc(SCC(=O)NC3CCCCCCC3)nc2n1. The smallest absolute Gasteiger partial charge is 0.253 e. The molecule has 0 unspecified atom stereocenters. The Labute approximate surface area is 146 Å². The summed E-state index contributed by atoms with van der Waals surface area (Å²) in [7, 11) is 0. The third-order valence-electron chi connectivity index (χ3n) is 4.40. The summed E-state index contributed by atoms with van der Waals surface area (Å²) in [6.45, 7) is 3.92. The predicted octanol–water partition coefficient (Wildman–Crippen LogP) is 3.06. The summed E-state index contributed by atoms with van der Waals surface area (Å²) in [5, 5.41) is 8.20. The minimum Gasteiger partial charge on any atom is -0.353 e. The van der Waals surface area contributed by atoms with Gasteiger partial charge in [-0.1, -0.05) is 43.9 Å². The van der Waals surface area contributed by atoms with Crippen LogP contribution in [-0.2, 0) is 4.79 Å². The van der Waals surface area contributed by atoms with E-state index in [9.17, 15) is 4.79 Å². The number of thioether (sulfide) groups is 1. The molecule has 0 spiro atoms. The van der Waals surface area contributed by atoms with Crippen LogP contribution in [0.2, 0.25) is 0 Å². The Morgan fingerprint density at radius 1 is 1.21 bits per heavy atom. The number of nitrogens with one attached hydrogen (secondary N) is 1. The summed E-state index contributed by atoms with van der Waals surface area (Å²) in [5.41, 5.74) is 1.92. The van der Waals surface area contributed by atoms with Crippen LogP contribution in [0.15, 0.2) is 11.2 Å². The van der Waals surface area contributed by atoms with Crippen molar-refractivity contribution in [3.63, 3.8) is 0 Å². The summed E-state index contributed by atoms with van der Waals surface area (Å²) >= 11 is 1.37. The number of carbonyl (C=O) groups is 1. The van der Waals surface area contributed by atoms with Crippen LogP contribution in [-0.4, -0.2) is 37.3 Å². The number of fused-ring (bicyclic) bond motifs is 1. The molecule has 1 saturated carbocycles. The number of amides is 1. The lowest BCUT2D eigenvalue weighted by atomic mass is 9.97. The zero-order chi connectivity index (χ0) is 16.9. The number of hydrogen-bond acceptors (Lipinski definition) is 5. The van der Waals surface area contributed by atoms with Gasteiger partial charge in [0.2, 0.25) is 11.1 Å². The third kappa shape index (κ3) is 4.47. The molecule has 1 aliphatic carbocycles. The first-order valence-electron chi connectivity index (χ1n) is 8.75. The minimum absolute atomic E-state index is 0.0743. The average Bonchev–Trinajstić information content (AvgIpc) is 2.91. The van der Waals surface area contributed by atoms with Gasteiger partial charge < -0.3 is 5.32 Å². The Bertz CT molecular complexity index is 706. The molecule has 1 amide bonds. The first-order valence-corrected chi connectivity index (χ1v) is 9.73. The summed E-state index contributed by atoms with van der Waals surface area (Å²) in [6, 6.07) is 2.30. The van der Waals surface area contributed by atoms with Gasteiger partial charge in [-0.2, -0.15) is 4.98 Å². The van der Waals surface area contributed by atoms with E-state index in [1.807, 2.05) is 19.9 Å². The summed E-state index contributed by atoms with van der Waals surface area (Å²) < 4.78 is 1.72. The lowest BCUT2D eigenvalue weighted by molar-refractivity contribution is -0.119. The summed E-state index contributed by atoms with van der Waals surface area (Å²) in [6.07, 6.45) is 8.56. The maximum atomic E-state index is 12.2. The number of rotatable bonds is 4. The van der Waals surface area contributed by atoms with E-state index in [1.165, 1.54) is 43.9 Å². The highest BCUT2D eigenvalue weighted by Crippen LogP contribution is 2.18. The number of nitrogens with zero attached hydrogens (tertiary/aromatic N) is 4. The first kappa shape index (κ1) is 17.2. The van der Waals surface area contributed by atoms with Crippen molar-refractivity contribution in [2.45, 2.75) is 70.0 Å². The predicted molar refractivity (Wildman–Crippen MR) is 95.2 cm³/mol. The number of aromatic nitrogens is 4. The highest BCUT2D eigenvalue weighted by atomic mass is 32.2. The van der Waals surface area contributed by atoms with E-state index in [-0.39, 0.29) is 5.91 Å². The van der Waals surface area contributed by atoms with Gasteiger partial charge in [-0.05, 0) is 32.8 Å². The monoisotopic (exact) mass is 347 g/mol. The van der Waals surface area contributed by atoms with Crippen molar-refractivity contribution in [2.75, 3.05) is 5.75 Å². The highest BCUT2D eigenvalue weighted by molar-refractivity contribution is 7.99. The van der Waals surface area contributed by atoms with Crippen LogP contribution >= 0.6 is 11.8 Å². The van der Waals surface area contributed by atoms with Gasteiger partial charge in [-0.25, -0.2) is 9.50 Å².